The molecular formula is C16H14ClF3O2. The molecule has 0 aliphatic carbocycles. The second-order valence-corrected chi connectivity index (χ2v) is 4.98. The van der Waals surface area contributed by atoms with E-state index >= 15 is 0 Å². The van der Waals surface area contributed by atoms with Gasteiger partial charge in [0.2, 0.25) is 0 Å². The standard InChI is InChI=1S/C16H14ClF3O2/c17-14-8-1-2-9-15(14)21-10-4-6-12-5-3-7-13(11-12)22-16(18,19)20/h1-3,5,7-9,11H,4,6,10H2. The average molecular weight is 331 g/mol. The van der Waals surface area contributed by atoms with Crippen LogP contribution in [0, 0.1) is 0 Å². The Bertz CT molecular complexity index is 614. The van der Waals surface area contributed by atoms with Gasteiger partial charge in [0, 0.05) is 0 Å². The zero-order valence-corrected chi connectivity index (χ0v) is 12.3. The third kappa shape index (κ3) is 5.48. The van der Waals surface area contributed by atoms with E-state index in [4.69, 9.17) is 16.3 Å². The number of ether oxygens (including phenoxy) is 2. The van der Waals surface area contributed by atoms with Crippen molar-refractivity contribution in [3.63, 3.8) is 0 Å². The molecule has 2 nitrogen and oxygen atoms in total. The van der Waals surface area contributed by atoms with Gasteiger partial charge in [-0.25, -0.2) is 0 Å². The maximum atomic E-state index is 12.2. The lowest BCUT2D eigenvalue weighted by Crippen LogP contribution is -2.17. The normalized spacial score (nSPS) is 11.3. The van der Waals surface area contributed by atoms with E-state index in [0.717, 1.165) is 5.56 Å². The van der Waals surface area contributed by atoms with Crippen LogP contribution in [0.4, 0.5) is 13.2 Å². The number of alkyl halides is 3. The number of hydrogen-bond donors (Lipinski definition) is 0. The van der Waals surface area contributed by atoms with Gasteiger partial charge in [0.15, 0.2) is 0 Å². The number of para-hydroxylation sites is 1. The van der Waals surface area contributed by atoms with E-state index in [1.807, 2.05) is 6.07 Å². The summed E-state index contributed by atoms with van der Waals surface area (Å²) >= 11 is 5.95. The Kier molecular flexibility index (Phi) is 5.55. The quantitative estimate of drug-likeness (QED) is 0.673. The Morgan fingerprint density at radius 3 is 2.50 bits per heavy atom. The summed E-state index contributed by atoms with van der Waals surface area (Å²) in [5.41, 5.74) is 0.754. The van der Waals surface area contributed by atoms with Gasteiger partial charge in [0.25, 0.3) is 0 Å². The first-order valence-corrected chi connectivity index (χ1v) is 7.04. The van der Waals surface area contributed by atoms with Crippen molar-refractivity contribution in [1.29, 1.82) is 0 Å². The molecule has 0 aromatic heterocycles. The topological polar surface area (TPSA) is 18.5 Å². The maximum Gasteiger partial charge on any atom is 0.573 e. The van der Waals surface area contributed by atoms with Crippen LogP contribution in [-0.4, -0.2) is 13.0 Å². The summed E-state index contributed by atoms with van der Waals surface area (Å²) in [7, 11) is 0. The van der Waals surface area contributed by atoms with E-state index in [9.17, 15) is 13.2 Å². The lowest BCUT2D eigenvalue weighted by atomic mass is 10.1. The van der Waals surface area contributed by atoms with Crippen molar-refractivity contribution in [3.8, 4) is 11.5 Å². The smallest absolute Gasteiger partial charge is 0.492 e. The summed E-state index contributed by atoms with van der Waals surface area (Å²) in [6, 6.07) is 13.1. The third-order valence-electron chi connectivity index (χ3n) is 2.84. The van der Waals surface area contributed by atoms with Crippen LogP contribution in [0.5, 0.6) is 11.5 Å². The monoisotopic (exact) mass is 330 g/mol. The molecule has 0 saturated heterocycles. The molecule has 0 aliphatic rings. The molecular weight excluding hydrogens is 317 g/mol. The van der Waals surface area contributed by atoms with Gasteiger partial charge in [-0.05, 0) is 42.7 Å². The molecule has 0 aliphatic heterocycles. The van der Waals surface area contributed by atoms with Crippen LogP contribution in [0.15, 0.2) is 48.5 Å². The van der Waals surface area contributed by atoms with E-state index in [1.54, 1.807) is 24.3 Å². The summed E-state index contributed by atoms with van der Waals surface area (Å²) in [6.07, 6.45) is -3.44. The van der Waals surface area contributed by atoms with Crippen molar-refractivity contribution < 1.29 is 22.6 Å². The Morgan fingerprint density at radius 1 is 1.00 bits per heavy atom. The fourth-order valence-electron chi connectivity index (χ4n) is 1.92. The van der Waals surface area contributed by atoms with Gasteiger partial charge in [0.1, 0.15) is 11.5 Å². The minimum Gasteiger partial charge on any atom is -0.492 e. The first-order chi connectivity index (χ1) is 10.4. The Hall–Kier alpha value is -1.88. The minimum absolute atomic E-state index is 0.211. The lowest BCUT2D eigenvalue weighted by Gasteiger charge is -2.10. The summed E-state index contributed by atoms with van der Waals surface area (Å²) in [5, 5.41) is 0.531. The highest BCUT2D eigenvalue weighted by Crippen LogP contribution is 2.25. The molecule has 118 valence electrons. The molecule has 0 fully saturated rings. The molecule has 2 aromatic carbocycles. The molecule has 0 saturated carbocycles. The maximum absolute atomic E-state index is 12.2. The highest BCUT2D eigenvalue weighted by atomic mass is 35.5. The van der Waals surface area contributed by atoms with E-state index in [1.165, 1.54) is 18.2 Å². The molecule has 2 aromatic rings. The summed E-state index contributed by atoms with van der Waals surface area (Å²) in [5.74, 6) is 0.385. The van der Waals surface area contributed by atoms with Crippen molar-refractivity contribution in [3.05, 3.63) is 59.1 Å². The van der Waals surface area contributed by atoms with Crippen LogP contribution in [0.25, 0.3) is 0 Å². The van der Waals surface area contributed by atoms with Gasteiger partial charge < -0.3 is 9.47 Å². The highest BCUT2D eigenvalue weighted by Gasteiger charge is 2.31. The first-order valence-electron chi connectivity index (χ1n) is 6.66. The van der Waals surface area contributed by atoms with Gasteiger partial charge in [0.05, 0.1) is 11.6 Å². The fourth-order valence-corrected chi connectivity index (χ4v) is 2.11. The van der Waals surface area contributed by atoms with Crippen molar-refractivity contribution in [2.24, 2.45) is 0 Å². The second kappa shape index (κ2) is 7.40. The number of aryl methyl sites for hydroxylation is 1. The van der Waals surface area contributed by atoms with E-state index in [0.29, 0.717) is 30.2 Å². The summed E-state index contributed by atoms with van der Waals surface area (Å²) in [6.45, 7) is 0.425. The molecule has 22 heavy (non-hydrogen) atoms. The predicted molar refractivity (Wildman–Crippen MR) is 78.4 cm³/mol. The van der Waals surface area contributed by atoms with Crippen LogP contribution >= 0.6 is 11.6 Å². The zero-order valence-electron chi connectivity index (χ0n) is 11.6. The van der Waals surface area contributed by atoms with Crippen LogP contribution in [-0.2, 0) is 6.42 Å². The zero-order chi connectivity index (χ0) is 16.0. The van der Waals surface area contributed by atoms with Crippen molar-refractivity contribution in [2.45, 2.75) is 19.2 Å². The summed E-state index contributed by atoms with van der Waals surface area (Å²) < 4.78 is 45.9. The molecule has 0 N–H and O–H groups in total. The van der Waals surface area contributed by atoms with Gasteiger partial charge in [-0.15, -0.1) is 13.2 Å². The highest BCUT2D eigenvalue weighted by molar-refractivity contribution is 6.32. The molecule has 0 unspecified atom stereocenters. The van der Waals surface area contributed by atoms with Crippen LogP contribution in [0.1, 0.15) is 12.0 Å². The van der Waals surface area contributed by atoms with E-state index in [-0.39, 0.29) is 5.75 Å². The van der Waals surface area contributed by atoms with Crippen LogP contribution in [0.3, 0.4) is 0 Å². The van der Waals surface area contributed by atoms with E-state index < -0.39 is 6.36 Å². The summed E-state index contributed by atoms with van der Waals surface area (Å²) in [4.78, 5) is 0. The van der Waals surface area contributed by atoms with Gasteiger partial charge in [-0.1, -0.05) is 35.9 Å². The molecule has 2 rings (SSSR count). The second-order valence-electron chi connectivity index (χ2n) is 4.58. The molecule has 0 amide bonds. The molecule has 0 radical (unpaired) electrons. The molecule has 6 heteroatoms. The predicted octanol–water partition coefficient (Wildman–Crippen LogP) is 5.25. The number of halogens is 4. The number of rotatable bonds is 6. The SMILES string of the molecule is FC(F)(F)Oc1cccc(CCCOc2ccccc2Cl)c1. The van der Waals surface area contributed by atoms with Crippen molar-refractivity contribution in [2.75, 3.05) is 6.61 Å². The fraction of sp³-hybridized carbons (Fsp3) is 0.250. The van der Waals surface area contributed by atoms with Crippen molar-refractivity contribution >= 4 is 11.6 Å². The molecule has 0 spiro atoms. The molecule has 0 atom stereocenters. The average Bonchev–Trinajstić information content (AvgIpc) is 2.44. The van der Waals surface area contributed by atoms with Crippen molar-refractivity contribution in [1.82, 2.24) is 0 Å². The first kappa shape index (κ1) is 16.5. The van der Waals surface area contributed by atoms with Gasteiger partial charge in [-0.2, -0.15) is 0 Å². The Morgan fingerprint density at radius 2 is 1.77 bits per heavy atom. The Labute approximate surface area is 131 Å². The number of hydrogen-bond acceptors (Lipinski definition) is 2. The number of benzene rings is 2. The third-order valence-corrected chi connectivity index (χ3v) is 3.15. The van der Waals surface area contributed by atoms with E-state index in [2.05, 4.69) is 4.74 Å². The van der Waals surface area contributed by atoms with Crippen LogP contribution in [0.2, 0.25) is 5.02 Å². The minimum atomic E-state index is -4.67. The largest absolute Gasteiger partial charge is 0.573 e. The van der Waals surface area contributed by atoms with Gasteiger partial charge >= 0.3 is 6.36 Å². The molecule has 0 heterocycles. The van der Waals surface area contributed by atoms with Gasteiger partial charge in [-0.3, -0.25) is 0 Å². The Balaban J connectivity index is 1.82. The molecule has 0 bridgehead atoms. The van der Waals surface area contributed by atoms with Crippen LogP contribution < -0.4 is 9.47 Å². The lowest BCUT2D eigenvalue weighted by molar-refractivity contribution is -0.274.